The van der Waals surface area contributed by atoms with Crippen LogP contribution in [-0.2, 0) is 9.53 Å². The predicted octanol–water partition coefficient (Wildman–Crippen LogP) is 1.43. The van der Waals surface area contributed by atoms with Crippen LogP contribution < -0.4 is 20.5 Å². The molecule has 29 heavy (non-hydrogen) atoms. The van der Waals surface area contributed by atoms with E-state index in [4.69, 9.17) is 19.9 Å². The van der Waals surface area contributed by atoms with Crippen LogP contribution in [0, 0.1) is 5.92 Å². The molecule has 0 aliphatic carbocycles. The lowest BCUT2D eigenvalue weighted by molar-refractivity contribution is -0.119. The summed E-state index contributed by atoms with van der Waals surface area (Å²) in [5, 5.41) is 3.07. The number of hydrogen-bond acceptors (Lipinski definition) is 6. The Morgan fingerprint density at radius 2 is 1.90 bits per heavy atom. The van der Waals surface area contributed by atoms with E-state index in [9.17, 15) is 9.59 Å². The van der Waals surface area contributed by atoms with Crippen molar-refractivity contribution >= 4 is 11.8 Å². The van der Waals surface area contributed by atoms with Gasteiger partial charge in [-0.25, -0.2) is 0 Å². The normalized spacial score (nSPS) is 15.7. The van der Waals surface area contributed by atoms with Crippen LogP contribution in [0.4, 0.5) is 0 Å². The number of carbonyl (C=O) groups excluding carboxylic acids is 2. The molecule has 0 bridgehead atoms. The minimum atomic E-state index is -0.579. The first-order valence-electron chi connectivity index (χ1n) is 10.2. The van der Waals surface area contributed by atoms with E-state index in [0.29, 0.717) is 29.5 Å². The summed E-state index contributed by atoms with van der Waals surface area (Å²) in [6.07, 6.45) is 2.13. The highest BCUT2D eigenvalue weighted by atomic mass is 16.5. The van der Waals surface area contributed by atoms with E-state index in [1.165, 1.54) is 7.11 Å². The van der Waals surface area contributed by atoms with Crippen molar-refractivity contribution in [2.24, 2.45) is 11.7 Å². The Morgan fingerprint density at radius 3 is 2.48 bits per heavy atom. The number of rotatable bonds is 11. The van der Waals surface area contributed by atoms with Crippen LogP contribution in [0.1, 0.15) is 37.0 Å². The van der Waals surface area contributed by atoms with Crippen molar-refractivity contribution in [1.29, 1.82) is 0 Å². The zero-order chi connectivity index (χ0) is 21.2. The van der Waals surface area contributed by atoms with Gasteiger partial charge >= 0.3 is 0 Å². The van der Waals surface area contributed by atoms with Gasteiger partial charge in [-0.05, 0) is 24.1 Å². The van der Waals surface area contributed by atoms with Crippen LogP contribution in [0.25, 0.3) is 0 Å². The number of methoxy groups -OCH3 is 1. The second kappa shape index (κ2) is 11.6. The Hall–Kier alpha value is -2.32. The number of benzene rings is 1. The van der Waals surface area contributed by atoms with Gasteiger partial charge in [-0.15, -0.1) is 0 Å². The van der Waals surface area contributed by atoms with Gasteiger partial charge < -0.3 is 25.3 Å². The van der Waals surface area contributed by atoms with Gasteiger partial charge in [0.05, 0.1) is 20.3 Å². The maximum Gasteiger partial charge on any atom is 0.255 e. The van der Waals surface area contributed by atoms with E-state index in [0.717, 1.165) is 39.1 Å². The number of hydrogen-bond donors (Lipinski definition) is 2. The smallest absolute Gasteiger partial charge is 0.255 e. The monoisotopic (exact) mass is 407 g/mol. The lowest BCUT2D eigenvalue weighted by Crippen LogP contribution is -2.52. The van der Waals surface area contributed by atoms with Gasteiger partial charge in [0.1, 0.15) is 0 Å². The standard InChI is InChI=1S/C21H33N3O5/c1-4-15(5-2)17(24-8-10-28-11-9-24)13-23-21(26)16-6-7-18(19(12-16)27-3)29-14-20(22)25/h6-7,12,15,17H,4-5,8-11,13-14H2,1-3H3,(H2,22,25)(H,23,26). The third kappa shape index (κ3) is 6.61. The molecule has 1 heterocycles. The summed E-state index contributed by atoms with van der Waals surface area (Å²) < 4.78 is 16.1. The number of primary amides is 1. The molecule has 3 N–H and O–H groups in total. The zero-order valence-electron chi connectivity index (χ0n) is 17.6. The quantitative estimate of drug-likeness (QED) is 0.575. The van der Waals surface area contributed by atoms with Crippen molar-refractivity contribution in [3.05, 3.63) is 23.8 Å². The average Bonchev–Trinajstić information content (AvgIpc) is 2.75. The molecule has 8 nitrogen and oxygen atoms in total. The lowest BCUT2D eigenvalue weighted by atomic mass is 9.92. The molecule has 2 rings (SSSR count). The van der Waals surface area contributed by atoms with Gasteiger partial charge in [-0.1, -0.05) is 26.7 Å². The molecule has 1 fully saturated rings. The number of nitrogens with zero attached hydrogens (tertiary/aromatic N) is 1. The maximum absolute atomic E-state index is 12.8. The van der Waals surface area contributed by atoms with Gasteiger partial charge in [0.25, 0.3) is 11.8 Å². The van der Waals surface area contributed by atoms with Crippen molar-refractivity contribution in [3.8, 4) is 11.5 Å². The molecule has 1 aromatic rings. The minimum absolute atomic E-state index is 0.172. The van der Waals surface area contributed by atoms with E-state index >= 15 is 0 Å². The van der Waals surface area contributed by atoms with Crippen LogP contribution in [0.15, 0.2) is 18.2 Å². The van der Waals surface area contributed by atoms with Crippen LogP contribution >= 0.6 is 0 Å². The van der Waals surface area contributed by atoms with Gasteiger partial charge in [0, 0.05) is 31.2 Å². The Morgan fingerprint density at radius 1 is 1.21 bits per heavy atom. The highest BCUT2D eigenvalue weighted by Crippen LogP contribution is 2.28. The van der Waals surface area contributed by atoms with Gasteiger partial charge in [0.2, 0.25) is 0 Å². The summed E-state index contributed by atoms with van der Waals surface area (Å²) in [5.74, 6) is 0.501. The largest absolute Gasteiger partial charge is 0.493 e. The minimum Gasteiger partial charge on any atom is -0.493 e. The van der Waals surface area contributed by atoms with Crippen LogP contribution in [0.3, 0.4) is 0 Å². The Balaban J connectivity index is 2.05. The third-order valence-corrected chi connectivity index (χ3v) is 5.38. The second-order valence-corrected chi connectivity index (χ2v) is 7.12. The highest BCUT2D eigenvalue weighted by Gasteiger charge is 2.27. The fourth-order valence-electron chi connectivity index (χ4n) is 3.71. The Bertz CT molecular complexity index is 672. The van der Waals surface area contributed by atoms with Gasteiger partial charge in [-0.2, -0.15) is 0 Å². The average molecular weight is 408 g/mol. The number of carbonyl (C=O) groups is 2. The molecule has 0 saturated carbocycles. The molecule has 1 saturated heterocycles. The molecule has 8 heteroatoms. The molecular weight excluding hydrogens is 374 g/mol. The molecule has 1 unspecified atom stereocenters. The molecular formula is C21H33N3O5. The SMILES string of the molecule is CCC(CC)C(CNC(=O)c1ccc(OCC(N)=O)c(OC)c1)N1CCOCC1. The summed E-state index contributed by atoms with van der Waals surface area (Å²) >= 11 is 0. The molecule has 2 amide bonds. The molecule has 0 aromatic heterocycles. The van der Waals surface area contributed by atoms with Crippen molar-refractivity contribution < 1.29 is 23.8 Å². The number of amides is 2. The van der Waals surface area contributed by atoms with Gasteiger partial charge in [0.15, 0.2) is 18.1 Å². The van der Waals surface area contributed by atoms with Crippen molar-refractivity contribution in [2.45, 2.75) is 32.7 Å². The first-order chi connectivity index (χ1) is 14.0. The molecule has 1 aromatic carbocycles. The van der Waals surface area contributed by atoms with E-state index in [1.807, 2.05) is 0 Å². The highest BCUT2D eigenvalue weighted by molar-refractivity contribution is 5.94. The van der Waals surface area contributed by atoms with E-state index in [2.05, 4.69) is 24.1 Å². The number of ether oxygens (including phenoxy) is 3. The van der Waals surface area contributed by atoms with Crippen LogP contribution in [0.5, 0.6) is 11.5 Å². The number of nitrogens with two attached hydrogens (primary N) is 1. The van der Waals surface area contributed by atoms with Gasteiger partial charge in [-0.3, -0.25) is 14.5 Å². The second-order valence-electron chi connectivity index (χ2n) is 7.12. The number of morpholine rings is 1. The summed E-state index contributed by atoms with van der Waals surface area (Å²) in [6.45, 7) is 7.95. The van der Waals surface area contributed by atoms with E-state index < -0.39 is 5.91 Å². The van der Waals surface area contributed by atoms with Crippen LogP contribution in [-0.4, -0.2) is 69.3 Å². The summed E-state index contributed by atoms with van der Waals surface area (Å²) in [6, 6.07) is 5.14. The predicted molar refractivity (Wildman–Crippen MR) is 110 cm³/mol. The maximum atomic E-state index is 12.8. The molecule has 1 atom stereocenters. The summed E-state index contributed by atoms with van der Waals surface area (Å²) in [5.41, 5.74) is 5.58. The molecule has 0 spiro atoms. The van der Waals surface area contributed by atoms with E-state index in [-0.39, 0.29) is 18.6 Å². The number of nitrogens with one attached hydrogen (secondary N) is 1. The topological polar surface area (TPSA) is 103 Å². The Labute approximate surface area is 172 Å². The molecule has 1 aliphatic heterocycles. The molecule has 0 radical (unpaired) electrons. The Kier molecular flexibility index (Phi) is 9.21. The fraction of sp³-hybridized carbons (Fsp3) is 0.619. The fourth-order valence-corrected chi connectivity index (χ4v) is 3.71. The van der Waals surface area contributed by atoms with Crippen molar-refractivity contribution in [1.82, 2.24) is 10.2 Å². The summed E-state index contributed by atoms with van der Waals surface area (Å²) in [4.78, 5) is 26.1. The van der Waals surface area contributed by atoms with E-state index in [1.54, 1.807) is 18.2 Å². The molecule has 1 aliphatic rings. The van der Waals surface area contributed by atoms with Crippen LogP contribution in [0.2, 0.25) is 0 Å². The zero-order valence-corrected chi connectivity index (χ0v) is 17.6. The van der Waals surface area contributed by atoms with Crippen molar-refractivity contribution in [3.63, 3.8) is 0 Å². The summed E-state index contributed by atoms with van der Waals surface area (Å²) in [7, 11) is 1.48. The van der Waals surface area contributed by atoms with Crippen molar-refractivity contribution in [2.75, 3.05) is 46.6 Å². The molecule has 162 valence electrons. The lowest BCUT2D eigenvalue weighted by Gasteiger charge is -2.38. The first-order valence-corrected chi connectivity index (χ1v) is 10.2. The first kappa shape index (κ1) is 23.0. The third-order valence-electron chi connectivity index (χ3n) is 5.38.